The van der Waals surface area contributed by atoms with E-state index >= 15 is 0 Å². The van der Waals surface area contributed by atoms with Crippen molar-refractivity contribution in [3.8, 4) is 16.9 Å². The van der Waals surface area contributed by atoms with Crippen LogP contribution < -0.4 is 10.9 Å². The van der Waals surface area contributed by atoms with E-state index in [2.05, 4.69) is 30.5 Å². The summed E-state index contributed by atoms with van der Waals surface area (Å²) in [4.78, 5) is 25.2. The lowest BCUT2D eigenvalue weighted by Crippen LogP contribution is -2.30. The number of benzene rings is 1. The third-order valence-electron chi connectivity index (χ3n) is 5.72. The van der Waals surface area contributed by atoms with Gasteiger partial charge in [0.1, 0.15) is 5.82 Å². The van der Waals surface area contributed by atoms with Crippen LogP contribution in [0.1, 0.15) is 25.0 Å². The van der Waals surface area contributed by atoms with Gasteiger partial charge in [-0.15, -0.1) is 0 Å². The van der Waals surface area contributed by atoms with E-state index in [0.717, 1.165) is 17.3 Å². The van der Waals surface area contributed by atoms with Crippen molar-refractivity contribution in [3.63, 3.8) is 0 Å². The molecule has 0 spiro atoms. The van der Waals surface area contributed by atoms with Crippen LogP contribution in [0.5, 0.6) is 0 Å². The number of pyridine rings is 2. The van der Waals surface area contributed by atoms with Crippen molar-refractivity contribution in [2.75, 3.05) is 5.32 Å². The van der Waals surface area contributed by atoms with Gasteiger partial charge in [0, 0.05) is 35.3 Å². The van der Waals surface area contributed by atoms with E-state index in [0.29, 0.717) is 28.5 Å². The van der Waals surface area contributed by atoms with E-state index in [-0.39, 0.29) is 22.9 Å². The lowest BCUT2D eigenvalue weighted by Gasteiger charge is -2.18. The van der Waals surface area contributed by atoms with Gasteiger partial charge in [0.05, 0.1) is 22.9 Å². The predicted molar refractivity (Wildman–Crippen MR) is 130 cm³/mol. The van der Waals surface area contributed by atoms with Crippen LogP contribution in [0.2, 0.25) is 0 Å². The fraction of sp³-hybridized carbons (Fsp3) is 0.160. The Morgan fingerprint density at radius 1 is 1.11 bits per heavy atom. The molecule has 1 aromatic carbocycles. The second-order valence-electron chi connectivity index (χ2n) is 8.79. The summed E-state index contributed by atoms with van der Waals surface area (Å²) in [5.74, 6) is -1.84. The van der Waals surface area contributed by atoms with Crippen molar-refractivity contribution in [3.05, 3.63) is 88.1 Å². The van der Waals surface area contributed by atoms with E-state index in [1.165, 1.54) is 10.8 Å². The average Bonchev–Trinajstić information content (AvgIpc) is 3.24. The summed E-state index contributed by atoms with van der Waals surface area (Å²) in [6, 6.07) is 9.55. The minimum Gasteiger partial charge on any atom is -0.386 e. The number of aliphatic hydroxyl groups is 1. The molecule has 5 rings (SSSR count). The highest BCUT2D eigenvalue weighted by molar-refractivity contribution is 5.92. The fourth-order valence-corrected chi connectivity index (χ4v) is 3.87. The van der Waals surface area contributed by atoms with Gasteiger partial charge in [-0.25, -0.2) is 18.7 Å². The number of hydrogen-bond acceptors (Lipinski definition) is 7. The molecule has 0 bridgehead atoms. The predicted octanol–water partition coefficient (Wildman–Crippen LogP) is 4.12. The smallest absolute Gasteiger partial charge is 0.261 e. The van der Waals surface area contributed by atoms with Crippen molar-refractivity contribution in [2.24, 2.45) is 0 Å². The van der Waals surface area contributed by atoms with Crippen molar-refractivity contribution < 1.29 is 13.9 Å². The van der Waals surface area contributed by atoms with Gasteiger partial charge >= 0.3 is 0 Å². The molecule has 0 aliphatic heterocycles. The number of fused-ring (bicyclic) bond motifs is 1. The Bertz CT molecular complexity index is 1670. The number of aryl methyl sites for hydroxylation is 1. The Morgan fingerprint density at radius 2 is 1.92 bits per heavy atom. The van der Waals surface area contributed by atoms with Gasteiger partial charge in [-0.05, 0) is 50.6 Å². The zero-order chi connectivity index (χ0) is 25.6. The Balaban J connectivity index is 1.54. The summed E-state index contributed by atoms with van der Waals surface area (Å²) in [6.45, 7) is 5.05. The maximum atomic E-state index is 13.9. The molecule has 0 fully saturated rings. The van der Waals surface area contributed by atoms with Crippen LogP contribution >= 0.6 is 0 Å². The van der Waals surface area contributed by atoms with Gasteiger partial charge in [-0.3, -0.25) is 14.5 Å². The molecule has 0 saturated carbocycles. The highest BCUT2D eigenvalue weighted by atomic mass is 19.1. The quantitative estimate of drug-likeness (QED) is 0.339. The number of hydrogen-bond donors (Lipinski definition) is 3. The number of nitrogens with zero attached hydrogens (tertiary/aromatic N) is 5. The third-order valence-corrected chi connectivity index (χ3v) is 5.72. The maximum absolute atomic E-state index is 13.9. The number of aromatic amines is 1. The largest absolute Gasteiger partial charge is 0.386 e. The summed E-state index contributed by atoms with van der Waals surface area (Å²) in [5.41, 5.74) is 1.90. The monoisotopic (exact) mass is 489 g/mol. The molecule has 0 amide bonds. The van der Waals surface area contributed by atoms with E-state index < -0.39 is 17.2 Å². The second-order valence-corrected chi connectivity index (χ2v) is 8.79. The molecular weight excluding hydrogens is 468 g/mol. The Morgan fingerprint density at radius 3 is 2.67 bits per heavy atom. The Labute approximate surface area is 203 Å². The molecule has 4 heterocycles. The first kappa shape index (κ1) is 23.2. The van der Waals surface area contributed by atoms with Gasteiger partial charge in [0.2, 0.25) is 5.95 Å². The van der Waals surface area contributed by atoms with Crippen molar-refractivity contribution in [2.45, 2.75) is 26.4 Å². The number of anilines is 2. The normalized spacial score (nSPS) is 11.7. The number of halogens is 2. The standard InChI is InChI=1S/C25H21F2N7O2/c1-13-6-7-15(34-8-4-5-18(23(34)35)25(2,3)36)10-16(13)20-17-12-29-24(30-21(17)33-32-20)31-22-19(27)9-14(26)11-28-22/h4-12,36H,1-3H3,(H2,28,29,30,31,32,33). The maximum Gasteiger partial charge on any atom is 0.261 e. The molecule has 9 nitrogen and oxygen atoms in total. The van der Waals surface area contributed by atoms with E-state index in [9.17, 15) is 18.7 Å². The van der Waals surface area contributed by atoms with Gasteiger partial charge in [-0.2, -0.15) is 10.1 Å². The van der Waals surface area contributed by atoms with Gasteiger partial charge in [-0.1, -0.05) is 6.07 Å². The van der Waals surface area contributed by atoms with Crippen LogP contribution in [0, 0.1) is 18.6 Å². The van der Waals surface area contributed by atoms with Crippen molar-refractivity contribution >= 4 is 22.8 Å². The van der Waals surface area contributed by atoms with Gasteiger partial charge in [0.15, 0.2) is 17.3 Å². The van der Waals surface area contributed by atoms with E-state index in [1.54, 1.807) is 32.2 Å². The number of rotatable bonds is 5. The summed E-state index contributed by atoms with van der Waals surface area (Å²) in [6.07, 6.45) is 4.05. The first-order valence-corrected chi connectivity index (χ1v) is 11.0. The van der Waals surface area contributed by atoms with Gasteiger partial charge < -0.3 is 10.4 Å². The summed E-state index contributed by atoms with van der Waals surface area (Å²) in [5, 5.41) is 20.8. The lowest BCUT2D eigenvalue weighted by molar-refractivity contribution is 0.0768. The highest BCUT2D eigenvalue weighted by Crippen LogP contribution is 2.30. The van der Waals surface area contributed by atoms with Crippen LogP contribution in [0.15, 0.2) is 59.8 Å². The third kappa shape index (κ3) is 4.20. The summed E-state index contributed by atoms with van der Waals surface area (Å²) in [7, 11) is 0. The molecule has 0 unspecified atom stereocenters. The Kier molecular flexibility index (Phi) is 5.56. The number of H-pyrrole nitrogens is 1. The van der Waals surface area contributed by atoms with Crippen LogP contribution in [-0.2, 0) is 5.60 Å². The highest BCUT2D eigenvalue weighted by Gasteiger charge is 2.21. The van der Waals surface area contributed by atoms with Crippen LogP contribution in [0.25, 0.3) is 28.0 Å². The van der Waals surface area contributed by atoms with Crippen LogP contribution in [0.4, 0.5) is 20.5 Å². The number of aromatic nitrogens is 6. The molecule has 0 saturated heterocycles. The lowest BCUT2D eigenvalue weighted by atomic mass is 9.99. The number of nitrogens with one attached hydrogen (secondary N) is 2. The zero-order valence-electron chi connectivity index (χ0n) is 19.5. The Hall–Kier alpha value is -4.51. The summed E-state index contributed by atoms with van der Waals surface area (Å²) >= 11 is 0. The second kappa shape index (κ2) is 8.61. The van der Waals surface area contributed by atoms with Crippen molar-refractivity contribution in [1.82, 2.24) is 29.7 Å². The first-order chi connectivity index (χ1) is 17.1. The topological polar surface area (TPSA) is 122 Å². The minimum absolute atomic E-state index is 0.0408. The van der Waals surface area contributed by atoms with Crippen LogP contribution in [-0.4, -0.2) is 34.8 Å². The van der Waals surface area contributed by atoms with Crippen molar-refractivity contribution in [1.29, 1.82) is 0 Å². The molecule has 0 radical (unpaired) electrons. The molecule has 5 aromatic rings. The molecule has 0 aliphatic carbocycles. The van der Waals surface area contributed by atoms with E-state index in [1.807, 2.05) is 25.1 Å². The molecule has 182 valence electrons. The van der Waals surface area contributed by atoms with Crippen LogP contribution in [0.3, 0.4) is 0 Å². The molecular formula is C25H21F2N7O2. The SMILES string of the molecule is Cc1ccc(-n2cccc(C(C)(C)O)c2=O)cc1-c1[nH]nc2nc(Nc3ncc(F)cc3F)ncc12. The fourth-order valence-electron chi connectivity index (χ4n) is 3.87. The molecule has 3 N–H and O–H groups in total. The van der Waals surface area contributed by atoms with E-state index in [4.69, 9.17) is 0 Å². The molecule has 36 heavy (non-hydrogen) atoms. The van der Waals surface area contributed by atoms with Gasteiger partial charge in [0.25, 0.3) is 5.56 Å². The molecule has 4 aromatic heterocycles. The summed E-state index contributed by atoms with van der Waals surface area (Å²) < 4.78 is 28.5. The first-order valence-electron chi connectivity index (χ1n) is 11.0. The minimum atomic E-state index is -1.29. The molecule has 11 heteroatoms. The molecule has 0 aliphatic rings. The zero-order valence-corrected chi connectivity index (χ0v) is 19.5. The average molecular weight is 489 g/mol. The molecule has 0 atom stereocenters.